The highest BCUT2D eigenvalue weighted by molar-refractivity contribution is 7.88. The predicted octanol–water partition coefficient (Wildman–Crippen LogP) is -0.257. The molecule has 1 aliphatic carbocycles. The molecule has 2 heterocycles. The molecule has 3 aliphatic rings. The molecule has 0 aromatic carbocycles. The highest BCUT2D eigenvalue weighted by atomic mass is 32.2. The molecule has 0 aromatic rings. The first kappa shape index (κ1) is 18.1. The van der Waals surface area contributed by atoms with Gasteiger partial charge in [-0.2, -0.15) is 0 Å². The number of nitrogens with zero attached hydrogens (tertiary/aromatic N) is 2. The summed E-state index contributed by atoms with van der Waals surface area (Å²) in [5.41, 5.74) is 0. The van der Waals surface area contributed by atoms with E-state index in [2.05, 4.69) is 19.8 Å². The summed E-state index contributed by atoms with van der Waals surface area (Å²) in [5, 5.41) is 3.18. The van der Waals surface area contributed by atoms with Gasteiger partial charge in [-0.1, -0.05) is 0 Å². The number of carbonyl (C=O) groups is 1. The number of carbonyl (C=O) groups excluding carboxylic acids is 1. The summed E-state index contributed by atoms with van der Waals surface area (Å²) in [6, 6.07) is 1.14. The number of likely N-dealkylation sites (tertiary alicyclic amines) is 2. The Morgan fingerprint density at radius 1 is 0.958 bits per heavy atom. The van der Waals surface area contributed by atoms with Gasteiger partial charge < -0.3 is 10.2 Å². The minimum Gasteiger partial charge on any atom is -0.352 e. The third-order valence-corrected chi connectivity index (χ3v) is 6.05. The van der Waals surface area contributed by atoms with Gasteiger partial charge in [0.1, 0.15) is 0 Å². The molecule has 0 aromatic heterocycles. The summed E-state index contributed by atoms with van der Waals surface area (Å²) in [4.78, 5) is 16.9. The molecule has 1 amide bonds. The van der Waals surface area contributed by atoms with E-state index < -0.39 is 10.0 Å². The fourth-order valence-electron chi connectivity index (χ4n) is 3.84. The van der Waals surface area contributed by atoms with Gasteiger partial charge in [-0.15, -0.1) is 0 Å². The van der Waals surface area contributed by atoms with Crippen molar-refractivity contribution in [2.24, 2.45) is 0 Å². The van der Waals surface area contributed by atoms with Crippen LogP contribution in [0.2, 0.25) is 0 Å². The lowest BCUT2D eigenvalue weighted by Crippen LogP contribution is -2.50. The Bertz CT molecular complexity index is 534. The molecule has 2 saturated heterocycles. The molecule has 138 valence electrons. The van der Waals surface area contributed by atoms with Gasteiger partial charge in [0.15, 0.2) is 0 Å². The Balaban J connectivity index is 1.32. The van der Waals surface area contributed by atoms with E-state index in [1.165, 1.54) is 19.1 Å². The molecule has 7 nitrogen and oxygen atoms in total. The van der Waals surface area contributed by atoms with Gasteiger partial charge in [-0.3, -0.25) is 9.69 Å². The van der Waals surface area contributed by atoms with Crippen molar-refractivity contribution in [2.75, 3.05) is 39.0 Å². The summed E-state index contributed by atoms with van der Waals surface area (Å²) in [6.07, 6.45) is 7.54. The quantitative estimate of drug-likeness (QED) is 0.684. The molecule has 24 heavy (non-hydrogen) atoms. The van der Waals surface area contributed by atoms with Gasteiger partial charge in [0.2, 0.25) is 15.9 Å². The maximum absolute atomic E-state index is 12.2. The van der Waals surface area contributed by atoms with Gasteiger partial charge in [-0.05, 0) is 38.5 Å². The Morgan fingerprint density at radius 2 is 1.54 bits per heavy atom. The number of piperidine rings is 2. The zero-order valence-electron chi connectivity index (χ0n) is 14.5. The van der Waals surface area contributed by atoms with Crippen molar-refractivity contribution < 1.29 is 13.2 Å². The van der Waals surface area contributed by atoms with Crippen LogP contribution in [0.4, 0.5) is 0 Å². The maximum atomic E-state index is 12.2. The van der Waals surface area contributed by atoms with Crippen LogP contribution in [0.15, 0.2) is 0 Å². The number of amides is 1. The van der Waals surface area contributed by atoms with E-state index in [0.29, 0.717) is 12.6 Å². The minimum atomic E-state index is -3.14. The largest absolute Gasteiger partial charge is 0.352 e. The lowest BCUT2D eigenvalue weighted by molar-refractivity contribution is -0.123. The van der Waals surface area contributed by atoms with Crippen LogP contribution in [0.25, 0.3) is 0 Å². The zero-order valence-corrected chi connectivity index (χ0v) is 15.4. The van der Waals surface area contributed by atoms with Crippen molar-refractivity contribution in [1.82, 2.24) is 19.8 Å². The Labute approximate surface area is 145 Å². The van der Waals surface area contributed by atoms with E-state index in [1.54, 1.807) is 0 Å². The molecule has 0 atom stereocenters. The first-order valence-electron chi connectivity index (χ1n) is 9.12. The summed E-state index contributed by atoms with van der Waals surface area (Å²) >= 11 is 0. The molecule has 0 radical (unpaired) electrons. The number of nitrogens with one attached hydrogen (secondary N) is 2. The zero-order chi connectivity index (χ0) is 17.2. The lowest BCUT2D eigenvalue weighted by atomic mass is 10.0. The van der Waals surface area contributed by atoms with E-state index in [0.717, 1.165) is 57.9 Å². The van der Waals surface area contributed by atoms with Crippen LogP contribution < -0.4 is 10.0 Å². The highest BCUT2D eigenvalue weighted by Gasteiger charge is 2.32. The first-order valence-corrected chi connectivity index (χ1v) is 11.0. The van der Waals surface area contributed by atoms with Crippen LogP contribution in [0.1, 0.15) is 38.5 Å². The SMILES string of the molecule is CS(=O)(=O)NC1CCN(CC(=O)NC2CCN(C3CC3)CC2)CC1. The molecular weight excluding hydrogens is 328 g/mol. The fourth-order valence-corrected chi connectivity index (χ4v) is 4.68. The molecule has 3 rings (SSSR count). The fraction of sp³-hybridized carbons (Fsp3) is 0.938. The van der Waals surface area contributed by atoms with Gasteiger partial charge in [0, 0.05) is 44.3 Å². The average molecular weight is 359 g/mol. The maximum Gasteiger partial charge on any atom is 0.234 e. The molecule has 2 aliphatic heterocycles. The van der Waals surface area contributed by atoms with Crippen LogP contribution in [-0.4, -0.2) is 81.2 Å². The van der Waals surface area contributed by atoms with E-state index in [4.69, 9.17) is 0 Å². The van der Waals surface area contributed by atoms with Crippen LogP contribution in [0.5, 0.6) is 0 Å². The second-order valence-electron chi connectivity index (χ2n) is 7.55. The van der Waals surface area contributed by atoms with Crippen molar-refractivity contribution in [3.8, 4) is 0 Å². The van der Waals surface area contributed by atoms with Crippen molar-refractivity contribution in [3.05, 3.63) is 0 Å². The normalized spacial score (nSPS) is 25.7. The van der Waals surface area contributed by atoms with Crippen LogP contribution in [0, 0.1) is 0 Å². The Morgan fingerprint density at radius 3 is 2.08 bits per heavy atom. The topological polar surface area (TPSA) is 81.8 Å². The van der Waals surface area contributed by atoms with Crippen LogP contribution in [-0.2, 0) is 14.8 Å². The molecule has 0 spiro atoms. The number of hydrogen-bond acceptors (Lipinski definition) is 5. The van der Waals surface area contributed by atoms with Crippen LogP contribution >= 0.6 is 0 Å². The molecule has 8 heteroatoms. The van der Waals surface area contributed by atoms with E-state index >= 15 is 0 Å². The van der Waals surface area contributed by atoms with Crippen molar-refractivity contribution >= 4 is 15.9 Å². The number of rotatable bonds is 6. The Kier molecular flexibility index (Phi) is 5.79. The van der Waals surface area contributed by atoms with E-state index in [-0.39, 0.29) is 11.9 Å². The summed E-state index contributed by atoms with van der Waals surface area (Å²) in [6.45, 7) is 4.17. The van der Waals surface area contributed by atoms with E-state index in [1.807, 2.05) is 0 Å². The third-order valence-electron chi connectivity index (χ3n) is 5.29. The van der Waals surface area contributed by atoms with E-state index in [9.17, 15) is 13.2 Å². The van der Waals surface area contributed by atoms with Crippen molar-refractivity contribution in [2.45, 2.75) is 56.7 Å². The average Bonchev–Trinajstić information content (AvgIpc) is 3.33. The van der Waals surface area contributed by atoms with Crippen LogP contribution in [0.3, 0.4) is 0 Å². The smallest absolute Gasteiger partial charge is 0.234 e. The monoisotopic (exact) mass is 358 g/mol. The standard InChI is InChI=1S/C16H30N4O3S/c1-24(22,23)18-14-4-8-19(9-5-14)12-16(21)17-13-6-10-20(11-7-13)15-2-3-15/h13-15,18H,2-12H2,1H3,(H,17,21). The second-order valence-corrected chi connectivity index (χ2v) is 9.33. The molecule has 1 saturated carbocycles. The van der Waals surface area contributed by atoms with Crippen molar-refractivity contribution in [3.63, 3.8) is 0 Å². The second kappa shape index (κ2) is 7.68. The molecular formula is C16H30N4O3S. The highest BCUT2D eigenvalue weighted by Crippen LogP contribution is 2.29. The minimum absolute atomic E-state index is 0.00561. The summed E-state index contributed by atoms with van der Waals surface area (Å²) in [7, 11) is -3.14. The molecule has 0 unspecified atom stereocenters. The lowest BCUT2D eigenvalue weighted by Gasteiger charge is -2.34. The van der Waals surface area contributed by atoms with Gasteiger partial charge in [-0.25, -0.2) is 13.1 Å². The first-order chi connectivity index (χ1) is 11.4. The Hall–Kier alpha value is -0.700. The molecule has 2 N–H and O–H groups in total. The molecule has 0 bridgehead atoms. The predicted molar refractivity (Wildman–Crippen MR) is 93.2 cm³/mol. The van der Waals surface area contributed by atoms with Crippen molar-refractivity contribution in [1.29, 1.82) is 0 Å². The number of sulfonamides is 1. The summed E-state index contributed by atoms with van der Waals surface area (Å²) in [5.74, 6) is 0.106. The van der Waals surface area contributed by atoms with Gasteiger partial charge >= 0.3 is 0 Å². The third kappa shape index (κ3) is 5.68. The molecule has 3 fully saturated rings. The number of hydrogen-bond donors (Lipinski definition) is 2. The van der Waals surface area contributed by atoms with Gasteiger partial charge in [0.25, 0.3) is 0 Å². The van der Waals surface area contributed by atoms with Gasteiger partial charge in [0.05, 0.1) is 12.8 Å². The summed E-state index contributed by atoms with van der Waals surface area (Å²) < 4.78 is 25.2.